The summed E-state index contributed by atoms with van der Waals surface area (Å²) >= 11 is 6.08. The molecule has 34 heavy (non-hydrogen) atoms. The van der Waals surface area contributed by atoms with Crippen LogP contribution in [0, 0.1) is 6.92 Å². The quantitative estimate of drug-likeness (QED) is 0.404. The van der Waals surface area contributed by atoms with Crippen LogP contribution in [0.1, 0.15) is 16.7 Å². The van der Waals surface area contributed by atoms with Gasteiger partial charge in [0, 0.05) is 16.7 Å². The number of carbonyl (C=O) groups is 3. The van der Waals surface area contributed by atoms with E-state index in [1.165, 1.54) is 19.3 Å². The normalized spacial score (nSPS) is 14.9. The molecule has 0 atom stereocenters. The molecular weight excluding hydrogens is 456 g/mol. The third-order valence-corrected chi connectivity index (χ3v) is 5.51. The molecule has 172 valence electrons. The second kappa shape index (κ2) is 9.80. The summed E-state index contributed by atoms with van der Waals surface area (Å²) in [6.45, 7) is 2.02. The predicted octanol–water partition coefficient (Wildman–Crippen LogP) is 4.90. The minimum Gasteiger partial charge on any atom is -0.497 e. The van der Waals surface area contributed by atoms with Crippen molar-refractivity contribution in [2.24, 2.45) is 0 Å². The lowest BCUT2D eigenvalue weighted by atomic mass is 10.0. The predicted molar refractivity (Wildman–Crippen MR) is 129 cm³/mol. The first-order valence-electron chi connectivity index (χ1n) is 10.4. The highest BCUT2D eigenvalue weighted by atomic mass is 35.5. The Labute approximate surface area is 201 Å². The second-order valence-electron chi connectivity index (χ2n) is 7.57. The number of aryl methyl sites for hydroxylation is 1. The molecule has 4 amide bonds. The van der Waals surface area contributed by atoms with Gasteiger partial charge in [-0.3, -0.25) is 14.9 Å². The van der Waals surface area contributed by atoms with Crippen molar-refractivity contribution in [3.8, 4) is 11.5 Å². The van der Waals surface area contributed by atoms with Gasteiger partial charge in [-0.1, -0.05) is 48.0 Å². The molecule has 3 aromatic rings. The zero-order chi connectivity index (χ0) is 24.2. The van der Waals surface area contributed by atoms with Gasteiger partial charge in [-0.05, 0) is 48.4 Å². The van der Waals surface area contributed by atoms with Crippen molar-refractivity contribution >= 4 is 41.2 Å². The van der Waals surface area contributed by atoms with Crippen LogP contribution in [0.5, 0.6) is 11.5 Å². The minimum atomic E-state index is -0.840. The molecule has 1 saturated heterocycles. The molecule has 1 heterocycles. The number of anilines is 1. The lowest BCUT2D eigenvalue weighted by Crippen LogP contribution is -2.54. The van der Waals surface area contributed by atoms with Gasteiger partial charge in [0.05, 0.1) is 12.8 Å². The van der Waals surface area contributed by atoms with Gasteiger partial charge >= 0.3 is 6.03 Å². The first-order chi connectivity index (χ1) is 16.4. The van der Waals surface area contributed by atoms with E-state index in [0.717, 1.165) is 10.5 Å². The molecule has 1 aliphatic rings. The number of ether oxygens (including phenoxy) is 2. The third-order valence-electron chi connectivity index (χ3n) is 5.27. The average molecular weight is 477 g/mol. The molecule has 3 aromatic carbocycles. The van der Waals surface area contributed by atoms with Gasteiger partial charge in [-0.2, -0.15) is 0 Å². The summed E-state index contributed by atoms with van der Waals surface area (Å²) in [5, 5.41) is 2.58. The number of nitrogens with zero attached hydrogens (tertiary/aromatic N) is 1. The number of barbiturate groups is 1. The Morgan fingerprint density at radius 1 is 1.00 bits per heavy atom. The summed E-state index contributed by atoms with van der Waals surface area (Å²) in [5.74, 6) is -0.589. The van der Waals surface area contributed by atoms with Crippen LogP contribution in [0.3, 0.4) is 0 Å². The number of nitrogens with one attached hydrogen (secondary N) is 1. The maximum atomic E-state index is 13.3. The molecule has 1 fully saturated rings. The number of hydrogen-bond acceptors (Lipinski definition) is 5. The molecule has 4 rings (SSSR count). The van der Waals surface area contributed by atoms with E-state index in [0.29, 0.717) is 33.3 Å². The van der Waals surface area contributed by atoms with Crippen LogP contribution in [-0.4, -0.2) is 25.0 Å². The fourth-order valence-electron chi connectivity index (χ4n) is 3.48. The second-order valence-corrected chi connectivity index (χ2v) is 8.00. The Morgan fingerprint density at radius 3 is 2.50 bits per heavy atom. The summed E-state index contributed by atoms with van der Waals surface area (Å²) in [5.41, 5.74) is 2.16. The van der Waals surface area contributed by atoms with Crippen LogP contribution in [-0.2, 0) is 16.2 Å². The van der Waals surface area contributed by atoms with Crippen molar-refractivity contribution in [2.45, 2.75) is 13.5 Å². The van der Waals surface area contributed by atoms with Gasteiger partial charge < -0.3 is 9.47 Å². The molecule has 7 nitrogen and oxygen atoms in total. The molecule has 0 spiro atoms. The van der Waals surface area contributed by atoms with Crippen molar-refractivity contribution in [2.75, 3.05) is 12.0 Å². The van der Waals surface area contributed by atoms with Gasteiger partial charge in [0.1, 0.15) is 23.7 Å². The number of benzene rings is 3. The molecule has 0 unspecified atom stereocenters. The fraction of sp³-hybridized carbons (Fsp3) is 0.115. The smallest absolute Gasteiger partial charge is 0.335 e. The summed E-state index contributed by atoms with van der Waals surface area (Å²) in [6.07, 6.45) is 1.40. The number of hydrogen-bond donors (Lipinski definition) is 1. The summed E-state index contributed by atoms with van der Waals surface area (Å²) in [7, 11) is 1.53. The lowest BCUT2D eigenvalue weighted by Gasteiger charge is -2.27. The number of rotatable bonds is 6. The molecule has 8 heteroatoms. The molecule has 0 aliphatic carbocycles. The van der Waals surface area contributed by atoms with E-state index in [1.54, 1.807) is 37.3 Å². The van der Waals surface area contributed by atoms with E-state index in [2.05, 4.69) is 5.32 Å². The molecule has 1 aliphatic heterocycles. The SMILES string of the molecule is COc1ccc(/C=C2\C(=O)NC(=O)N(c3cc(Cl)ccc3C)C2=O)c(OCc2ccccc2)c1. The van der Waals surface area contributed by atoms with Crippen LogP contribution in [0.25, 0.3) is 6.08 Å². The third kappa shape index (κ3) is 4.79. The molecule has 0 aromatic heterocycles. The van der Waals surface area contributed by atoms with Crippen molar-refractivity contribution in [1.29, 1.82) is 0 Å². The number of halogens is 1. The van der Waals surface area contributed by atoms with Crippen LogP contribution >= 0.6 is 11.6 Å². The molecule has 0 radical (unpaired) electrons. The van der Waals surface area contributed by atoms with Gasteiger partial charge in [0.2, 0.25) is 0 Å². The maximum Gasteiger partial charge on any atom is 0.335 e. The van der Waals surface area contributed by atoms with E-state index in [-0.39, 0.29) is 12.2 Å². The highest BCUT2D eigenvalue weighted by molar-refractivity contribution is 6.39. The lowest BCUT2D eigenvalue weighted by molar-refractivity contribution is -0.122. The van der Waals surface area contributed by atoms with Gasteiger partial charge in [0.25, 0.3) is 11.8 Å². The van der Waals surface area contributed by atoms with Crippen LogP contribution < -0.4 is 19.7 Å². The summed E-state index contributed by atoms with van der Waals surface area (Å²) in [6, 6.07) is 18.6. The van der Waals surface area contributed by atoms with Crippen LogP contribution in [0.15, 0.2) is 72.3 Å². The number of amides is 4. The largest absolute Gasteiger partial charge is 0.497 e. The number of carbonyl (C=O) groups excluding carboxylic acids is 3. The zero-order valence-corrected chi connectivity index (χ0v) is 19.3. The monoisotopic (exact) mass is 476 g/mol. The van der Waals surface area contributed by atoms with Crippen molar-refractivity contribution in [1.82, 2.24) is 5.32 Å². The van der Waals surface area contributed by atoms with E-state index >= 15 is 0 Å². The van der Waals surface area contributed by atoms with Gasteiger partial charge in [-0.25, -0.2) is 9.69 Å². The summed E-state index contributed by atoms with van der Waals surface area (Å²) < 4.78 is 11.3. The van der Waals surface area contributed by atoms with E-state index in [1.807, 2.05) is 30.3 Å². The first kappa shape index (κ1) is 23.1. The molecule has 0 bridgehead atoms. The van der Waals surface area contributed by atoms with Gasteiger partial charge in [-0.15, -0.1) is 0 Å². The van der Waals surface area contributed by atoms with Crippen molar-refractivity contribution in [3.63, 3.8) is 0 Å². The number of methoxy groups -OCH3 is 1. The van der Waals surface area contributed by atoms with Crippen LogP contribution in [0.4, 0.5) is 10.5 Å². The van der Waals surface area contributed by atoms with E-state index in [9.17, 15) is 14.4 Å². The highest BCUT2D eigenvalue weighted by Crippen LogP contribution is 2.31. The van der Waals surface area contributed by atoms with Crippen molar-refractivity contribution in [3.05, 3.63) is 94.0 Å². The number of imide groups is 2. The standard InChI is InChI=1S/C26H21ClN2O5/c1-16-8-10-19(27)13-22(16)29-25(31)21(24(30)28-26(29)32)12-18-9-11-20(33-2)14-23(18)34-15-17-6-4-3-5-7-17/h3-14H,15H2,1-2H3,(H,28,30,32)/b21-12+. The Kier molecular flexibility index (Phi) is 6.65. The topological polar surface area (TPSA) is 84.9 Å². The highest BCUT2D eigenvalue weighted by Gasteiger charge is 2.37. The van der Waals surface area contributed by atoms with E-state index in [4.69, 9.17) is 21.1 Å². The van der Waals surface area contributed by atoms with Gasteiger partial charge in [0.15, 0.2) is 0 Å². The van der Waals surface area contributed by atoms with Crippen molar-refractivity contribution < 1.29 is 23.9 Å². The molecule has 0 saturated carbocycles. The Hall–Kier alpha value is -4.10. The first-order valence-corrected chi connectivity index (χ1v) is 10.8. The fourth-order valence-corrected chi connectivity index (χ4v) is 3.64. The summed E-state index contributed by atoms with van der Waals surface area (Å²) in [4.78, 5) is 39.4. The van der Waals surface area contributed by atoms with E-state index < -0.39 is 17.8 Å². The number of urea groups is 1. The Bertz CT molecular complexity index is 1300. The Morgan fingerprint density at radius 2 is 1.76 bits per heavy atom. The maximum absolute atomic E-state index is 13.3. The van der Waals surface area contributed by atoms with Crippen LogP contribution in [0.2, 0.25) is 5.02 Å². The minimum absolute atomic E-state index is 0.214. The molecule has 1 N–H and O–H groups in total. The Balaban J connectivity index is 1.71. The average Bonchev–Trinajstić information content (AvgIpc) is 2.83. The molecular formula is C26H21ClN2O5. The zero-order valence-electron chi connectivity index (χ0n) is 18.5.